The lowest BCUT2D eigenvalue weighted by Gasteiger charge is -2.38. The quantitative estimate of drug-likeness (QED) is 0.794. The zero-order chi connectivity index (χ0) is 13.1. The van der Waals surface area contributed by atoms with E-state index in [0.29, 0.717) is 5.41 Å². The van der Waals surface area contributed by atoms with E-state index in [0.717, 1.165) is 19.6 Å². The molecular formula is C12H26N2O2S. The number of hydrogen-bond acceptors (Lipinski definition) is 4. The van der Waals surface area contributed by atoms with Gasteiger partial charge in [-0.1, -0.05) is 6.92 Å². The van der Waals surface area contributed by atoms with Crippen molar-refractivity contribution in [1.82, 2.24) is 10.2 Å². The molecule has 5 heteroatoms. The first-order valence-electron chi connectivity index (χ1n) is 6.30. The van der Waals surface area contributed by atoms with E-state index < -0.39 is 9.84 Å². The van der Waals surface area contributed by atoms with Crippen LogP contribution in [0.3, 0.4) is 0 Å². The highest BCUT2D eigenvalue weighted by Gasteiger charge is 2.29. The van der Waals surface area contributed by atoms with Gasteiger partial charge in [0.05, 0.1) is 5.75 Å². The van der Waals surface area contributed by atoms with Crippen LogP contribution in [-0.4, -0.2) is 58.1 Å². The first kappa shape index (κ1) is 14.9. The third-order valence-corrected chi connectivity index (χ3v) is 4.73. The van der Waals surface area contributed by atoms with Crippen LogP contribution >= 0.6 is 0 Å². The molecular weight excluding hydrogens is 236 g/mol. The topological polar surface area (TPSA) is 49.4 Å². The number of hydrogen-bond donors (Lipinski definition) is 1. The van der Waals surface area contributed by atoms with Crippen molar-refractivity contribution in [2.45, 2.75) is 32.7 Å². The van der Waals surface area contributed by atoms with Crippen LogP contribution in [0.25, 0.3) is 0 Å². The molecule has 0 amide bonds. The van der Waals surface area contributed by atoms with E-state index in [1.54, 1.807) is 0 Å². The molecule has 0 aromatic rings. The van der Waals surface area contributed by atoms with Crippen molar-refractivity contribution in [3.05, 3.63) is 0 Å². The minimum Gasteiger partial charge on any atom is -0.313 e. The number of likely N-dealkylation sites (tertiary alicyclic amines) is 1. The lowest BCUT2D eigenvalue weighted by molar-refractivity contribution is 0.135. The van der Waals surface area contributed by atoms with Crippen molar-refractivity contribution in [2.24, 2.45) is 5.41 Å². The van der Waals surface area contributed by atoms with Crippen LogP contribution in [0.5, 0.6) is 0 Å². The summed E-state index contributed by atoms with van der Waals surface area (Å²) in [5, 5.41) is 3.37. The third kappa shape index (κ3) is 5.84. The summed E-state index contributed by atoms with van der Waals surface area (Å²) in [5.74, 6) is 0.225. The van der Waals surface area contributed by atoms with E-state index in [1.165, 1.54) is 19.1 Å². The average molecular weight is 262 g/mol. The molecule has 1 N–H and O–H groups in total. The summed E-state index contributed by atoms with van der Waals surface area (Å²) in [6.45, 7) is 7.42. The molecule has 0 radical (unpaired) electrons. The molecule has 102 valence electrons. The van der Waals surface area contributed by atoms with Gasteiger partial charge in [-0.3, -0.25) is 0 Å². The molecule has 17 heavy (non-hydrogen) atoms. The maximum absolute atomic E-state index is 11.2. The predicted octanol–water partition coefficient (Wildman–Crippen LogP) is 0.741. The molecule has 1 fully saturated rings. The molecule has 1 aliphatic rings. The third-order valence-electron chi connectivity index (χ3n) is 3.62. The van der Waals surface area contributed by atoms with Gasteiger partial charge in [0.2, 0.25) is 0 Å². The number of sulfone groups is 1. The van der Waals surface area contributed by atoms with Crippen molar-refractivity contribution in [3.8, 4) is 0 Å². The summed E-state index contributed by atoms with van der Waals surface area (Å²) in [5.41, 5.74) is 0.318. The summed E-state index contributed by atoms with van der Waals surface area (Å²) < 4.78 is 22.3. The average Bonchev–Trinajstić information content (AvgIpc) is 2.18. The highest BCUT2D eigenvalue weighted by atomic mass is 32.2. The van der Waals surface area contributed by atoms with Crippen molar-refractivity contribution in [1.29, 1.82) is 0 Å². The molecule has 1 rings (SSSR count). The smallest absolute Gasteiger partial charge is 0.148 e. The van der Waals surface area contributed by atoms with E-state index in [1.807, 2.05) is 6.92 Å². The maximum atomic E-state index is 11.2. The Morgan fingerprint density at radius 3 is 2.35 bits per heavy atom. The van der Waals surface area contributed by atoms with Gasteiger partial charge in [0.25, 0.3) is 0 Å². The van der Waals surface area contributed by atoms with Gasteiger partial charge in [-0.25, -0.2) is 8.42 Å². The van der Waals surface area contributed by atoms with Gasteiger partial charge in [0, 0.05) is 18.8 Å². The summed E-state index contributed by atoms with van der Waals surface area (Å²) in [4.78, 5) is 2.35. The van der Waals surface area contributed by atoms with Gasteiger partial charge in [0.15, 0.2) is 0 Å². The molecule has 0 aliphatic carbocycles. The monoisotopic (exact) mass is 262 g/mol. The molecule has 0 aromatic carbocycles. The highest BCUT2D eigenvalue weighted by Crippen LogP contribution is 2.29. The normalized spacial score (nSPS) is 23.5. The number of nitrogens with one attached hydrogen (secondary N) is 1. The summed E-state index contributed by atoms with van der Waals surface area (Å²) in [7, 11) is -0.724. The minimum atomic E-state index is -2.88. The minimum absolute atomic E-state index is 0.0430. The first-order chi connectivity index (χ1) is 7.70. The molecule has 1 atom stereocenters. The predicted molar refractivity (Wildman–Crippen MR) is 72.0 cm³/mol. The van der Waals surface area contributed by atoms with Gasteiger partial charge in [-0.15, -0.1) is 0 Å². The fourth-order valence-electron chi connectivity index (χ4n) is 2.27. The van der Waals surface area contributed by atoms with Crippen LogP contribution < -0.4 is 5.32 Å². The van der Waals surface area contributed by atoms with Gasteiger partial charge >= 0.3 is 0 Å². The fraction of sp³-hybridized carbons (Fsp3) is 1.00. The van der Waals surface area contributed by atoms with Crippen LogP contribution in [0.15, 0.2) is 0 Å². The Hall–Kier alpha value is -0.130. The van der Waals surface area contributed by atoms with E-state index in [9.17, 15) is 8.42 Å². The number of rotatable bonds is 5. The van der Waals surface area contributed by atoms with Crippen LogP contribution in [0.2, 0.25) is 0 Å². The standard InChI is InChI=1S/C12H26N2O2S/c1-11(9-17(4,15)16)13-10-12(2)5-7-14(3)8-6-12/h11,13H,5-10H2,1-4H3. The SMILES string of the molecule is CC(CS(C)(=O)=O)NCC1(C)CCN(C)CC1. The molecule has 0 aromatic heterocycles. The van der Waals surface area contributed by atoms with E-state index >= 15 is 0 Å². The van der Waals surface area contributed by atoms with Gasteiger partial charge in [0.1, 0.15) is 9.84 Å². The van der Waals surface area contributed by atoms with Crippen LogP contribution in [0, 0.1) is 5.41 Å². The number of nitrogens with zero attached hydrogens (tertiary/aromatic N) is 1. The van der Waals surface area contributed by atoms with E-state index in [2.05, 4.69) is 24.2 Å². The molecule has 4 nitrogen and oxygen atoms in total. The second-order valence-corrected chi connectivity index (χ2v) is 8.17. The molecule has 1 aliphatic heterocycles. The summed E-state index contributed by atoms with van der Waals surface area (Å²) in [6, 6.07) is 0.0430. The van der Waals surface area contributed by atoms with Crippen LogP contribution in [-0.2, 0) is 9.84 Å². The molecule has 1 unspecified atom stereocenters. The van der Waals surface area contributed by atoms with E-state index in [4.69, 9.17) is 0 Å². The van der Waals surface area contributed by atoms with Gasteiger partial charge < -0.3 is 10.2 Å². The molecule has 0 bridgehead atoms. The Balaban J connectivity index is 2.35. The van der Waals surface area contributed by atoms with Crippen LogP contribution in [0.1, 0.15) is 26.7 Å². The maximum Gasteiger partial charge on any atom is 0.148 e. The summed E-state index contributed by atoms with van der Waals surface area (Å²) >= 11 is 0. The lowest BCUT2D eigenvalue weighted by atomic mass is 9.80. The fourth-order valence-corrected chi connectivity index (χ4v) is 3.29. The Kier molecular flexibility index (Phi) is 4.98. The Morgan fingerprint density at radius 2 is 1.88 bits per heavy atom. The largest absolute Gasteiger partial charge is 0.313 e. The molecule has 0 spiro atoms. The Morgan fingerprint density at radius 1 is 1.35 bits per heavy atom. The zero-order valence-electron chi connectivity index (χ0n) is 11.5. The van der Waals surface area contributed by atoms with Crippen molar-refractivity contribution in [3.63, 3.8) is 0 Å². The zero-order valence-corrected chi connectivity index (χ0v) is 12.3. The van der Waals surface area contributed by atoms with Crippen molar-refractivity contribution >= 4 is 9.84 Å². The van der Waals surface area contributed by atoms with Gasteiger partial charge in [-0.05, 0) is 45.3 Å². The lowest BCUT2D eigenvalue weighted by Crippen LogP contribution is -2.45. The van der Waals surface area contributed by atoms with E-state index in [-0.39, 0.29) is 11.8 Å². The molecule has 0 saturated carbocycles. The Bertz CT molecular complexity index is 332. The highest BCUT2D eigenvalue weighted by molar-refractivity contribution is 7.90. The van der Waals surface area contributed by atoms with Crippen molar-refractivity contribution in [2.75, 3.05) is 38.7 Å². The van der Waals surface area contributed by atoms with Crippen LogP contribution in [0.4, 0.5) is 0 Å². The van der Waals surface area contributed by atoms with Crippen molar-refractivity contribution < 1.29 is 8.42 Å². The molecule has 1 heterocycles. The second kappa shape index (κ2) is 5.67. The molecule has 1 saturated heterocycles. The number of piperidine rings is 1. The second-order valence-electron chi connectivity index (χ2n) is 5.99. The van der Waals surface area contributed by atoms with Gasteiger partial charge in [-0.2, -0.15) is 0 Å². The first-order valence-corrected chi connectivity index (χ1v) is 8.36. The Labute approximate surface area is 106 Å². The summed E-state index contributed by atoms with van der Waals surface area (Å²) in [6.07, 6.45) is 3.66.